The highest BCUT2D eigenvalue weighted by atomic mass is 79.9. The quantitative estimate of drug-likeness (QED) is 0.849. The Kier molecular flexibility index (Phi) is 5.86. The molecule has 0 spiro atoms. The zero-order chi connectivity index (χ0) is 15.5. The third kappa shape index (κ3) is 3.51. The van der Waals surface area contributed by atoms with E-state index in [9.17, 15) is 0 Å². The van der Waals surface area contributed by atoms with Crippen molar-refractivity contribution in [2.75, 3.05) is 6.61 Å². The van der Waals surface area contributed by atoms with Crippen LogP contribution < -0.4 is 5.73 Å². The summed E-state index contributed by atoms with van der Waals surface area (Å²) < 4.78 is 9.23. The van der Waals surface area contributed by atoms with Crippen molar-refractivity contribution in [1.82, 2.24) is 9.78 Å². The molecule has 0 amide bonds. The second-order valence-electron chi connectivity index (χ2n) is 6.05. The first kappa shape index (κ1) is 17.0. The average Bonchev–Trinajstić information content (AvgIpc) is 2.76. The van der Waals surface area contributed by atoms with Gasteiger partial charge < -0.3 is 10.5 Å². The van der Waals surface area contributed by atoms with Crippen molar-refractivity contribution >= 4 is 15.9 Å². The van der Waals surface area contributed by atoms with E-state index >= 15 is 0 Å². The van der Waals surface area contributed by atoms with E-state index in [1.54, 1.807) is 0 Å². The Morgan fingerprint density at radius 2 is 2.00 bits per heavy atom. The molecular formula is C16H28BrN3O. The van der Waals surface area contributed by atoms with Gasteiger partial charge in [0.25, 0.3) is 0 Å². The van der Waals surface area contributed by atoms with Gasteiger partial charge in [0, 0.05) is 26.1 Å². The second-order valence-corrected chi connectivity index (χ2v) is 6.85. The molecule has 0 saturated heterocycles. The normalized spacial score (nSPS) is 19.7. The summed E-state index contributed by atoms with van der Waals surface area (Å²) in [5.41, 5.74) is 8.74. The van der Waals surface area contributed by atoms with Gasteiger partial charge in [0.2, 0.25) is 0 Å². The van der Waals surface area contributed by atoms with Gasteiger partial charge in [-0.1, -0.05) is 26.2 Å². The highest BCUT2D eigenvalue weighted by Crippen LogP contribution is 2.36. The van der Waals surface area contributed by atoms with Gasteiger partial charge in [-0.15, -0.1) is 0 Å². The molecule has 2 N–H and O–H groups in total. The molecule has 2 rings (SSSR count). The van der Waals surface area contributed by atoms with Crippen LogP contribution in [0.3, 0.4) is 0 Å². The highest BCUT2D eigenvalue weighted by Gasteiger charge is 2.39. The third-order valence-electron chi connectivity index (χ3n) is 4.72. The molecule has 0 aliphatic heterocycles. The maximum Gasteiger partial charge on any atom is 0.0836 e. The fourth-order valence-corrected chi connectivity index (χ4v) is 4.27. The molecule has 4 nitrogen and oxygen atoms in total. The lowest BCUT2D eigenvalue weighted by Crippen LogP contribution is -2.52. The lowest BCUT2D eigenvalue weighted by atomic mass is 9.78. The number of rotatable bonds is 6. The van der Waals surface area contributed by atoms with Crippen molar-refractivity contribution < 1.29 is 4.74 Å². The molecule has 1 saturated carbocycles. The zero-order valence-electron chi connectivity index (χ0n) is 13.5. The van der Waals surface area contributed by atoms with Gasteiger partial charge >= 0.3 is 0 Å². The Balaban J connectivity index is 2.18. The van der Waals surface area contributed by atoms with Crippen LogP contribution in [0.1, 0.15) is 57.3 Å². The number of nitrogens with zero attached hydrogens (tertiary/aromatic N) is 2. The minimum atomic E-state index is -0.150. The summed E-state index contributed by atoms with van der Waals surface area (Å²) in [6.45, 7) is 4.93. The Morgan fingerprint density at radius 1 is 1.33 bits per heavy atom. The molecule has 1 aliphatic carbocycles. The van der Waals surface area contributed by atoms with Crippen LogP contribution in [0.2, 0.25) is 0 Å². The number of hydrogen-bond acceptors (Lipinski definition) is 3. The van der Waals surface area contributed by atoms with Crippen LogP contribution in [0.15, 0.2) is 4.47 Å². The Bertz CT molecular complexity index is 461. The molecule has 1 aromatic rings. The third-order valence-corrected chi connectivity index (χ3v) is 5.64. The molecule has 0 bridgehead atoms. The van der Waals surface area contributed by atoms with E-state index in [0.717, 1.165) is 42.5 Å². The Morgan fingerprint density at radius 3 is 2.52 bits per heavy atom. The number of ether oxygens (including phenoxy) is 1. The Labute approximate surface area is 136 Å². The predicted octanol–water partition coefficient (Wildman–Crippen LogP) is 3.35. The number of halogens is 1. The van der Waals surface area contributed by atoms with E-state index in [4.69, 9.17) is 10.5 Å². The standard InChI is InChI=1S/C16H28BrN3O/c1-4-12-15(17)13(20(3)19-12)11-14(18)16(21-5-2)9-7-6-8-10-16/h14H,4-11,18H2,1-3H3. The molecular weight excluding hydrogens is 330 g/mol. The average molecular weight is 358 g/mol. The van der Waals surface area contributed by atoms with Crippen LogP contribution >= 0.6 is 15.9 Å². The van der Waals surface area contributed by atoms with Crippen LogP contribution in [-0.2, 0) is 24.6 Å². The number of nitrogens with two attached hydrogens (primary N) is 1. The van der Waals surface area contributed by atoms with Gasteiger partial charge in [-0.3, -0.25) is 4.68 Å². The van der Waals surface area contributed by atoms with E-state index in [-0.39, 0.29) is 11.6 Å². The summed E-state index contributed by atoms with van der Waals surface area (Å²) in [5, 5.41) is 4.57. The molecule has 0 radical (unpaired) electrons. The molecule has 1 unspecified atom stereocenters. The molecule has 1 aromatic heterocycles. The predicted molar refractivity (Wildman–Crippen MR) is 89.4 cm³/mol. The van der Waals surface area contributed by atoms with E-state index in [2.05, 4.69) is 34.9 Å². The molecule has 0 aromatic carbocycles. The smallest absolute Gasteiger partial charge is 0.0836 e. The van der Waals surface area contributed by atoms with Crippen molar-refractivity contribution in [1.29, 1.82) is 0 Å². The molecule has 5 heteroatoms. The van der Waals surface area contributed by atoms with E-state index in [0.29, 0.717) is 0 Å². The number of aromatic nitrogens is 2. The summed E-state index contributed by atoms with van der Waals surface area (Å²) >= 11 is 3.69. The van der Waals surface area contributed by atoms with Crippen molar-refractivity contribution in [3.63, 3.8) is 0 Å². The lowest BCUT2D eigenvalue weighted by molar-refractivity contribution is -0.0820. The first-order chi connectivity index (χ1) is 10.0. The molecule has 1 aliphatic rings. The van der Waals surface area contributed by atoms with Crippen molar-refractivity contribution in [2.24, 2.45) is 12.8 Å². The second kappa shape index (κ2) is 7.25. The van der Waals surface area contributed by atoms with Crippen molar-refractivity contribution in [3.05, 3.63) is 15.9 Å². The number of aryl methyl sites for hydroxylation is 2. The van der Waals surface area contributed by atoms with Crippen molar-refractivity contribution in [2.45, 2.75) is 70.4 Å². The molecule has 1 fully saturated rings. The van der Waals surface area contributed by atoms with Gasteiger partial charge in [-0.05, 0) is 42.1 Å². The van der Waals surface area contributed by atoms with Gasteiger partial charge in [0.1, 0.15) is 0 Å². The highest BCUT2D eigenvalue weighted by molar-refractivity contribution is 9.10. The topological polar surface area (TPSA) is 53.1 Å². The largest absolute Gasteiger partial charge is 0.374 e. The Hall–Kier alpha value is -0.390. The zero-order valence-corrected chi connectivity index (χ0v) is 15.1. The van der Waals surface area contributed by atoms with E-state index in [1.807, 2.05) is 11.7 Å². The monoisotopic (exact) mass is 357 g/mol. The summed E-state index contributed by atoms with van der Waals surface area (Å²) in [5.74, 6) is 0. The summed E-state index contributed by atoms with van der Waals surface area (Å²) in [6, 6.07) is 0.0224. The molecule has 1 heterocycles. The van der Waals surface area contributed by atoms with Crippen LogP contribution in [-0.4, -0.2) is 28.0 Å². The molecule has 120 valence electrons. The maximum absolute atomic E-state index is 6.60. The van der Waals surface area contributed by atoms with E-state index < -0.39 is 0 Å². The van der Waals surface area contributed by atoms with Gasteiger partial charge in [-0.25, -0.2) is 0 Å². The SMILES string of the molecule is CCOC1(C(N)Cc2c(Br)c(CC)nn2C)CCCCC1. The van der Waals surface area contributed by atoms with Gasteiger partial charge in [0.15, 0.2) is 0 Å². The fourth-order valence-electron chi connectivity index (χ4n) is 3.50. The summed E-state index contributed by atoms with van der Waals surface area (Å²) in [4.78, 5) is 0. The number of hydrogen-bond donors (Lipinski definition) is 1. The molecule has 21 heavy (non-hydrogen) atoms. The summed E-state index contributed by atoms with van der Waals surface area (Å²) in [7, 11) is 2.00. The van der Waals surface area contributed by atoms with Crippen LogP contribution in [0, 0.1) is 0 Å². The van der Waals surface area contributed by atoms with Gasteiger partial charge in [0.05, 0.1) is 21.5 Å². The van der Waals surface area contributed by atoms with E-state index in [1.165, 1.54) is 25.0 Å². The molecule has 1 atom stereocenters. The lowest BCUT2D eigenvalue weighted by Gasteiger charge is -2.41. The minimum absolute atomic E-state index is 0.0224. The summed E-state index contributed by atoms with van der Waals surface area (Å²) in [6.07, 6.45) is 7.65. The maximum atomic E-state index is 6.60. The minimum Gasteiger partial charge on any atom is -0.374 e. The van der Waals surface area contributed by atoms with Crippen LogP contribution in [0.25, 0.3) is 0 Å². The van der Waals surface area contributed by atoms with Gasteiger partial charge in [-0.2, -0.15) is 5.10 Å². The van der Waals surface area contributed by atoms with Crippen LogP contribution in [0.5, 0.6) is 0 Å². The first-order valence-corrected chi connectivity index (χ1v) is 8.93. The first-order valence-electron chi connectivity index (χ1n) is 8.13. The fraction of sp³-hybridized carbons (Fsp3) is 0.812. The van der Waals surface area contributed by atoms with Crippen molar-refractivity contribution in [3.8, 4) is 0 Å². The van der Waals surface area contributed by atoms with Crippen LogP contribution in [0.4, 0.5) is 0 Å².